The molecule has 0 aliphatic rings. The Morgan fingerprint density at radius 2 is 1.03 bits per heavy atom. The molecule has 0 bridgehead atoms. The van der Waals surface area contributed by atoms with Crippen LogP contribution in [0.2, 0.25) is 25.0 Å². The van der Waals surface area contributed by atoms with E-state index in [-0.39, 0.29) is 5.31 Å². The van der Waals surface area contributed by atoms with Crippen LogP contribution in [0.5, 0.6) is 0 Å². The van der Waals surface area contributed by atoms with E-state index in [1.54, 1.807) is 10.4 Å². The number of rotatable bonds is 7. The van der Waals surface area contributed by atoms with E-state index in [1.165, 1.54) is 0 Å². The van der Waals surface area contributed by atoms with Gasteiger partial charge in [0.15, 0.2) is 0 Å². The molecule has 2 aromatic rings. The molecular weight excluding hydrogens is 381 g/mol. The molecule has 4 heteroatoms. The molecule has 2 rings (SSSR count). The molecule has 0 aliphatic carbocycles. The standard InChI is InChI=1S/C25H42BNSi2/c1-21(2)27(22(3)4)26(25(5,6)7)29(28(8,9)10,23-17-13-11-14-18-23)24-19-15-12-16-20-24/h11-22H,1-10H3. The van der Waals surface area contributed by atoms with Gasteiger partial charge in [-0.3, -0.25) is 0 Å². The van der Waals surface area contributed by atoms with E-state index >= 15 is 0 Å². The second kappa shape index (κ2) is 8.95. The van der Waals surface area contributed by atoms with Crippen molar-refractivity contribution in [2.75, 3.05) is 0 Å². The molecule has 0 aromatic heterocycles. The van der Waals surface area contributed by atoms with Gasteiger partial charge in [0.05, 0.1) is 0 Å². The normalized spacial score (nSPS) is 13.4. The van der Waals surface area contributed by atoms with Crippen LogP contribution in [0, 0.1) is 0 Å². The number of hydrogen-bond donors (Lipinski definition) is 0. The summed E-state index contributed by atoms with van der Waals surface area (Å²) in [6.45, 7) is 24.8. The third kappa shape index (κ3) is 4.65. The lowest BCUT2D eigenvalue weighted by atomic mass is 9.59. The summed E-state index contributed by atoms with van der Waals surface area (Å²) in [4.78, 5) is 2.85. The highest BCUT2D eigenvalue weighted by molar-refractivity contribution is 7.72. The van der Waals surface area contributed by atoms with E-state index in [1.807, 2.05) is 0 Å². The number of nitrogens with zero attached hydrogens (tertiary/aromatic N) is 1. The molecule has 0 atom stereocenters. The average molecular weight is 424 g/mol. The second-order valence-corrected chi connectivity index (χ2v) is 25.9. The molecule has 1 nitrogen and oxygen atoms in total. The fourth-order valence-corrected chi connectivity index (χ4v) is 23.4. The molecule has 0 amide bonds. The van der Waals surface area contributed by atoms with Crippen molar-refractivity contribution in [3.05, 3.63) is 60.7 Å². The fraction of sp³-hybridized carbons (Fsp3) is 0.520. The van der Waals surface area contributed by atoms with Crippen LogP contribution in [0.1, 0.15) is 48.5 Å². The van der Waals surface area contributed by atoms with Gasteiger partial charge < -0.3 is 4.81 Å². The molecule has 0 unspecified atom stereocenters. The Hall–Kier alpha value is -1.10. The Morgan fingerprint density at radius 1 is 0.690 bits per heavy atom. The summed E-state index contributed by atoms with van der Waals surface area (Å²) in [5, 5.41) is 3.39. The van der Waals surface area contributed by atoms with Crippen LogP contribution >= 0.6 is 0 Å². The third-order valence-corrected chi connectivity index (χ3v) is 22.9. The highest BCUT2D eigenvalue weighted by atomic mass is 29.3. The molecular formula is C25H42BNSi2. The van der Waals surface area contributed by atoms with Crippen molar-refractivity contribution < 1.29 is 0 Å². The van der Waals surface area contributed by atoms with Crippen LogP contribution in [0.3, 0.4) is 0 Å². The van der Waals surface area contributed by atoms with E-state index in [9.17, 15) is 0 Å². The van der Waals surface area contributed by atoms with Gasteiger partial charge in [0, 0.05) is 7.59 Å². The Balaban J connectivity index is 3.04. The van der Waals surface area contributed by atoms with Crippen molar-refractivity contribution in [3.63, 3.8) is 0 Å². The summed E-state index contributed by atoms with van der Waals surface area (Å²) in [7, 11) is -3.79. The van der Waals surface area contributed by atoms with Crippen molar-refractivity contribution >= 4 is 31.9 Å². The summed E-state index contributed by atoms with van der Waals surface area (Å²) < 4.78 is 0. The predicted octanol–water partition coefficient (Wildman–Crippen LogP) is 5.66. The molecule has 29 heavy (non-hydrogen) atoms. The summed E-state index contributed by atoms with van der Waals surface area (Å²) in [5.74, 6) is 0. The summed E-state index contributed by atoms with van der Waals surface area (Å²) in [5.41, 5.74) is 0. The minimum atomic E-state index is -2.14. The number of benzene rings is 2. The van der Waals surface area contributed by atoms with Crippen molar-refractivity contribution in [3.8, 4) is 0 Å². The first-order chi connectivity index (χ1) is 13.3. The zero-order valence-electron chi connectivity index (χ0n) is 20.5. The first-order valence-corrected chi connectivity index (χ1v) is 17.8. The quantitative estimate of drug-likeness (QED) is 0.520. The lowest BCUT2D eigenvalue weighted by molar-refractivity contribution is 0.298. The van der Waals surface area contributed by atoms with Crippen molar-refractivity contribution in [2.45, 2.75) is 85.5 Å². The Kier molecular flexibility index (Phi) is 7.46. The van der Waals surface area contributed by atoms with Crippen LogP contribution in [-0.4, -0.2) is 38.4 Å². The lowest BCUT2D eigenvalue weighted by Gasteiger charge is -2.56. The average Bonchev–Trinajstić information content (AvgIpc) is 2.60. The molecule has 158 valence electrons. The second-order valence-electron chi connectivity index (χ2n) is 11.2. The van der Waals surface area contributed by atoms with E-state index in [4.69, 9.17) is 0 Å². The smallest absolute Gasteiger partial charge is 0.227 e. The molecule has 0 aliphatic heterocycles. The fourth-order valence-electron chi connectivity index (χ4n) is 5.67. The molecule has 0 N–H and O–H groups in total. The van der Waals surface area contributed by atoms with Gasteiger partial charge in [0.25, 0.3) is 0 Å². The summed E-state index contributed by atoms with van der Waals surface area (Å²) >= 11 is 0. The van der Waals surface area contributed by atoms with Crippen LogP contribution in [0.25, 0.3) is 0 Å². The van der Waals surface area contributed by atoms with Gasteiger partial charge in [-0.2, -0.15) is 0 Å². The maximum absolute atomic E-state index is 2.85. The summed E-state index contributed by atoms with van der Waals surface area (Å²) in [6, 6.07) is 24.2. The lowest BCUT2D eigenvalue weighted by Crippen LogP contribution is -2.86. The minimum absolute atomic E-state index is 0.173. The topological polar surface area (TPSA) is 3.24 Å². The largest absolute Gasteiger partial charge is 0.339 e. The Morgan fingerprint density at radius 3 is 1.28 bits per heavy atom. The zero-order valence-corrected chi connectivity index (χ0v) is 22.5. The van der Waals surface area contributed by atoms with Gasteiger partial charge in [-0.15, -0.1) is 0 Å². The first kappa shape index (κ1) is 24.2. The van der Waals surface area contributed by atoms with Crippen molar-refractivity contribution in [1.82, 2.24) is 4.81 Å². The van der Waals surface area contributed by atoms with Crippen molar-refractivity contribution in [2.24, 2.45) is 0 Å². The number of hydrogen-bond acceptors (Lipinski definition) is 1. The van der Waals surface area contributed by atoms with Crippen LogP contribution in [0.15, 0.2) is 60.7 Å². The van der Waals surface area contributed by atoms with E-state index < -0.39 is 15.1 Å². The molecule has 0 saturated carbocycles. The van der Waals surface area contributed by atoms with E-state index in [0.717, 1.165) is 0 Å². The maximum atomic E-state index is 2.85. The predicted molar refractivity (Wildman–Crippen MR) is 139 cm³/mol. The van der Waals surface area contributed by atoms with Gasteiger partial charge in [-0.25, -0.2) is 0 Å². The molecule has 0 saturated heterocycles. The van der Waals surface area contributed by atoms with Gasteiger partial charge in [0.1, 0.15) is 7.46 Å². The maximum Gasteiger partial charge on any atom is 0.227 e. The third-order valence-electron chi connectivity index (χ3n) is 6.36. The highest BCUT2D eigenvalue weighted by Crippen LogP contribution is 2.40. The van der Waals surface area contributed by atoms with E-state index in [0.29, 0.717) is 18.5 Å². The van der Waals surface area contributed by atoms with Crippen LogP contribution in [-0.2, 0) is 0 Å². The molecule has 2 aromatic carbocycles. The molecule has 0 heterocycles. The molecule has 0 spiro atoms. The SMILES string of the molecule is CC(C)N(B(C(C)(C)C)[Si](c1ccccc1)(c1ccccc1)[Si](C)(C)C)C(C)C. The van der Waals surface area contributed by atoms with Crippen LogP contribution in [0.4, 0.5) is 0 Å². The van der Waals surface area contributed by atoms with Gasteiger partial charge in [-0.05, 0) is 17.4 Å². The van der Waals surface area contributed by atoms with Gasteiger partial charge in [0.2, 0.25) is 6.44 Å². The Labute approximate surface area is 182 Å². The molecule has 0 fully saturated rings. The zero-order chi connectivity index (χ0) is 22.0. The molecule has 0 radical (unpaired) electrons. The minimum Gasteiger partial charge on any atom is -0.339 e. The van der Waals surface area contributed by atoms with Crippen LogP contribution < -0.4 is 10.4 Å². The van der Waals surface area contributed by atoms with Gasteiger partial charge >= 0.3 is 0 Å². The monoisotopic (exact) mass is 423 g/mol. The summed E-state index contributed by atoms with van der Waals surface area (Å²) in [6.07, 6.45) is 0.520. The van der Waals surface area contributed by atoms with Crippen molar-refractivity contribution in [1.29, 1.82) is 0 Å². The Bertz CT molecular complexity index is 713. The van der Waals surface area contributed by atoms with Gasteiger partial charge in [-0.1, -0.05) is 139 Å². The highest BCUT2D eigenvalue weighted by Gasteiger charge is 2.61. The van der Waals surface area contributed by atoms with E-state index in [2.05, 4.69) is 134 Å². The first-order valence-electron chi connectivity index (χ1n) is 11.2.